The lowest BCUT2D eigenvalue weighted by atomic mass is 10.1. The largest absolute Gasteiger partial charge is 0.480 e. The summed E-state index contributed by atoms with van der Waals surface area (Å²) in [6.45, 7) is 3.86. The van der Waals surface area contributed by atoms with E-state index in [0.717, 1.165) is 19.3 Å². The van der Waals surface area contributed by atoms with Gasteiger partial charge in [0.15, 0.2) is 0 Å². The third-order valence-corrected chi connectivity index (χ3v) is 2.65. The number of carbonyl (C=O) groups is 2. The molecule has 1 heterocycles. The summed E-state index contributed by atoms with van der Waals surface area (Å²) in [4.78, 5) is 22.2. The molecule has 0 aliphatic heterocycles. The molecular formula is C12H20N4O3. The summed E-state index contributed by atoms with van der Waals surface area (Å²) in [6.07, 6.45) is 5.72. The number of amides is 2. The van der Waals surface area contributed by atoms with E-state index < -0.39 is 5.97 Å². The first kappa shape index (κ1) is 15.0. The van der Waals surface area contributed by atoms with Gasteiger partial charge in [-0.15, -0.1) is 0 Å². The van der Waals surface area contributed by atoms with Crippen molar-refractivity contribution >= 4 is 17.7 Å². The molecule has 3 N–H and O–H groups in total. The summed E-state index contributed by atoms with van der Waals surface area (Å²) in [7, 11) is 0. The molecule has 0 radical (unpaired) electrons. The number of anilines is 1. The van der Waals surface area contributed by atoms with Crippen molar-refractivity contribution in [2.24, 2.45) is 0 Å². The van der Waals surface area contributed by atoms with Crippen LogP contribution in [0.4, 0.5) is 10.5 Å². The molecule has 7 nitrogen and oxygen atoms in total. The fourth-order valence-electron chi connectivity index (χ4n) is 1.73. The zero-order valence-corrected chi connectivity index (χ0v) is 11.2. The molecule has 0 aliphatic rings. The minimum absolute atomic E-state index is 0.152. The van der Waals surface area contributed by atoms with Crippen LogP contribution in [0, 0.1) is 0 Å². The minimum Gasteiger partial charge on any atom is -0.480 e. The molecule has 1 aromatic rings. The molecule has 1 aromatic heterocycles. The standard InChI is InChI=1S/C12H20N4O3/c1-3-5-9(4-2)14-12(19)15-10-6-13-16(7-10)8-11(17)18/h6-7,9H,3-5,8H2,1-2H3,(H,17,18)(H2,14,15,19). The maximum absolute atomic E-state index is 11.7. The van der Waals surface area contributed by atoms with Crippen molar-refractivity contribution in [3.8, 4) is 0 Å². The zero-order chi connectivity index (χ0) is 14.3. The summed E-state index contributed by atoms with van der Waals surface area (Å²) in [5.41, 5.74) is 0.477. The highest BCUT2D eigenvalue weighted by Gasteiger charge is 2.10. The number of rotatable bonds is 7. The average molecular weight is 268 g/mol. The van der Waals surface area contributed by atoms with Crippen molar-refractivity contribution in [1.29, 1.82) is 0 Å². The van der Waals surface area contributed by atoms with E-state index in [-0.39, 0.29) is 18.6 Å². The molecule has 2 amide bonds. The molecule has 1 unspecified atom stereocenters. The summed E-state index contributed by atoms with van der Waals surface area (Å²) < 4.78 is 1.25. The number of nitrogens with zero attached hydrogens (tertiary/aromatic N) is 2. The van der Waals surface area contributed by atoms with Gasteiger partial charge in [0.2, 0.25) is 0 Å². The number of hydrogen-bond donors (Lipinski definition) is 3. The number of aliphatic carboxylic acids is 1. The average Bonchev–Trinajstić information content (AvgIpc) is 2.74. The van der Waals surface area contributed by atoms with E-state index in [9.17, 15) is 9.59 Å². The van der Waals surface area contributed by atoms with Gasteiger partial charge < -0.3 is 15.7 Å². The lowest BCUT2D eigenvalue weighted by Gasteiger charge is -2.15. The van der Waals surface area contributed by atoms with Gasteiger partial charge in [0.05, 0.1) is 11.9 Å². The van der Waals surface area contributed by atoms with Gasteiger partial charge in [-0.25, -0.2) is 4.79 Å². The van der Waals surface area contributed by atoms with Gasteiger partial charge in [-0.1, -0.05) is 20.3 Å². The van der Waals surface area contributed by atoms with Crippen molar-refractivity contribution < 1.29 is 14.7 Å². The Morgan fingerprint density at radius 1 is 1.47 bits per heavy atom. The summed E-state index contributed by atoms with van der Waals surface area (Å²) in [5, 5.41) is 17.9. The van der Waals surface area contributed by atoms with Gasteiger partial charge >= 0.3 is 12.0 Å². The summed E-state index contributed by atoms with van der Waals surface area (Å²) in [5.74, 6) is -0.979. The molecule has 0 saturated heterocycles. The highest BCUT2D eigenvalue weighted by Crippen LogP contribution is 2.06. The Labute approximate surface area is 112 Å². The van der Waals surface area contributed by atoms with E-state index in [1.54, 1.807) is 0 Å². The second kappa shape index (κ2) is 7.40. The van der Waals surface area contributed by atoms with Gasteiger partial charge in [0.25, 0.3) is 0 Å². The number of carboxylic acid groups (broad SMARTS) is 1. The van der Waals surface area contributed by atoms with Crippen LogP contribution >= 0.6 is 0 Å². The van der Waals surface area contributed by atoms with Gasteiger partial charge in [-0.3, -0.25) is 9.48 Å². The maximum atomic E-state index is 11.7. The maximum Gasteiger partial charge on any atom is 0.325 e. The SMILES string of the molecule is CCCC(CC)NC(=O)Nc1cnn(CC(=O)O)c1. The van der Waals surface area contributed by atoms with E-state index in [1.807, 2.05) is 6.92 Å². The van der Waals surface area contributed by atoms with Gasteiger partial charge in [-0.2, -0.15) is 5.10 Å². The number of urea groups is 1. The van der Waals surface area contributed by atoms with Crippen molar-refractivity contribution in [2.45, 2.75) is 45.7 Å². The van der Waals surface area contributed by atoms with Crippen LogP contribution < -0.4 is 10.6 Å². The number of nitrogens with one attached hydrogen (secondary N) is 2. The molecule has 0 spiro atoms. The highest BCUT2D eigenvalue weighted by atomic mass is 16.4. The van der Waals surface area contributed by atoms with Crippen LogP contribution in [0.5, 0.6) is 0 Å². The first-order valence-electron chi connectivity index (χ1n) is 6.36. The molecule has 106 valence electrons. The zero-order valence-electron chi connectivity index (χ0n) is 11.2. The lowest BCUT2D eigenvalue weighted by molar-refractivity contribution is -0.137. The Hall–Kier alpha value is -2.05. The Bertz CT molecular complexity index is 430. The van der Waals surface area contributed by atoms with E-state index in [1.165, 1.54) is 17.1 Å². The third kappa shape index (κ3) is 5.41. The van der Waals surface area contributed by atoms with E-state index in [2.05, 4.69) is 22.7 Å². The van der Waals surface area contributed by atoms with Crippen LogP contribution in [-0.2, 0) is 11.3 Å². The Balaban J connectivity index is 2.47. The fraction of sp³-hybridized carbons (Fsp3) is 0.583. The predicted molar refractivity (Wildman–Crippen MR) is 71.0 cm³/mol. The lowest BCUT2D eigenvalue weighted by Crippen LogP contribution is -2.37. The smallest absolute Gasteiger partial charge is 0.325 e. The number of carboxylic acids is 1. The van der Waals surface area contributed by atoms with Gasteiger partial charge in [0, 0.05) is 12.2 Å². The van der Waals surface area contributed by atoms with Crippen molar-refractivity contribution in [2.75, 3.05) is 5.32 Å². The van der Waals surface area contributed by atoms with Gasteiger partial charge in [0.1, 0.15) is 6.54 Å². The number of aromatic nitrogens is 2. The van der Waals surface area contributed by atoms with E-state index in [4.69, 9.17) is 5.11 Å². The van der Waals surface area contributed by atoms with Crippen LogP contribution in [0.25, 0.3) is 0 Å². The predicted octanol–water partition coefficient (Wildman–Crippen LogP) is 1.67. The molecule has 1 atom stereocenters. The van der Waals surface area contributed by atoms with E-state index in [0.29, 0.717) is 5.69 Å². The Kier molecular flexibility index (Phi) is 5.84. The van der Waals surface area contributed by atoms with Crippen LogP contribution in [0.2, 0.25) is 0 Å². The molecule has 0 aromatic carbocycles. The number of hydrogen-bond acceptors (Lipinski definition) is 3. The quantitative estimate of drug-likeness (QED) is 0.700. The molecule has 1 rings (SSSR count). The fourth-order valence-corrected chi connectivity index (χ4v) is 1.73. The molecule has 7 heteroatoms. The molecule has 0 aliphatic carbocycles. The molecule has 19 heavy (non-hydrogen) atoms. The highest BCUT2D eigenvalue weighted by molar-refractivity contribution is 5.89. The normalized spacial score (nSPS) is 11.9. The van der Waals surface area contributed by atoms with Crippen molar-refractivity contribution in [3.63, 3.8) is 0 Å². The summed E-state index contributed by atoms with van der Waals surface area (Å²) >= 11 is 0. The molecule has 0 bridgehead atoms. The topological polar surface area (TPSA) is 96.3 Å². The van der Waals surface area contributed by atoms with Crippen LogP contribution in [-0.4, -0.2) is 32.9 Å². The van der Waals surface area contributed by atoms with Crippen LogP contribution in [0.15, 0.2) is 12.4 Å². The number of carbonyl (C=O) groups excluding carboxylic acids is 1. The first-order valence-corrected chi connectivity index (χ1v) is 6.36. The molecule has 0 fully saturated rings. The Morgan fingerprint density at radius 3 is 2.79 bits per heavy atom. The van der Waals surface area contributed by atoms with Crippen LogP contribution in [0.1, 0.15) is 33.1 Å². The minimum atomic E-state index is -0.979. The third-order valence-electron chi connectivity index (χ3n) is 2.65. The second-order valence-corrected chi connectivity index (χ2v) is 4.31. The van der Waals surface area contributed by atoms with E-state index >= 15 is 0 Å². The second-order valence-electron chi connectivity index (χ2n) is 4.31. The van der Waals surface area contributed by atoms with Gasteiger partial charge in [-0.05, 0) is 12.8 Å². The van der Waals surface area contributed by atoms with Crippen LogP contribution in [0.3, 0.4) is 0 Å². The Morgan fingerprint density at radius 2 is 2.21 bits per heavy atom. The monoisotopic (exact) mass is 268 g/mol. The first-order chi connectivity index (χ1) is 9.05. The molecule has 0 saturated carbocycles. The van der Waals surface area contributed by atoms with Crippen molar-refractivity contribution in [3.05, 3.63) is 12.4 Å². The summed E-state index contributed by atoms with van der Waals surface area (Å²) in [6, 6.07) is -0.144. The molecular weight excluding hydrogens is 248 g/mol. The van der Waals surface area contributed by atoms with Crippen molar-refractivity contribution in [1.82, 2.24) is 15.1 Å².